The molecule has 4 rings (SSSR count). The first-order valence-electron chi connectivity index (χ1n) is 11.1. The van der Waals surface area contributed by atoms with Crippen molar-refractivity contribution in [2.45, 2.75) is 49.6 Å². The first kappa shape index (κ1) is 25.4. The van der Waals surface area contributed by atoms with Gasteiger partial charge in [-0.3, -0.25) is 14.4 Å². The Morgan fingerprint density at radius 1 is 1.06 bits per heavy atom. The predicted molar refractivity (Wildman–Crippen MR) is 132 cm³/mol. The Bertz CT molecular complexity index is 1360. The first-order valence-corrected chi connectivity index (χ1v) is 13.7. The van der Waals surface area contributed by atoms with Crippen molar-refractivity contribution in [2.24, 2.45) is 0 Å². The number of rotatable bonds is 7. The first-order chi connectivity index (χ1) is 16.5. The zero-order valence-corrected chi connectivity index (χ0v) is 21.2. The van der Waals surface area contributed by atoms with Crippen LogP contribution in [0.4, 0.5) is 0 Å². The summed E-state index contributed by atoms with van der Waals surface area (Å²) < 4.78 is 25.1. The molecule has 35 heavy (non-hydrogen) atoms. The molecule has 1 N–H and O–H groups in total. The number of sulfone groups is 1. The third-order valence-electron chi connectivity index (χ3n) is 6.12. The molecule has 0 aromatic heterocycles. The smallest absolute Gasteiger partial charge is 0.254 e. The summed E-state index contributed by atoms with van der Waals surface area (Å²) in [5.41, 5.74) is 0.0547. The molecule has 0 saturated heterocycles. The molecule has 2 aromatic carbocycles. The van der Waals surface area contributed by atoms with E-state index in [2.05, 4.69) is 0 Å². The number of aliphatic hydroxyl groups excluding tert-OH is 1. The number of nitrogens with zero attached hydrogens (tertiary/aromatic N) is 1. The van der Waals surface area contributed by atoms with Gasteiger partial charge in [0.2, 0.25) is 5.78 Å². The zero-order valence-electron chi connectivity index (χ0n) is 18.9. The van der Waals surface area contributed by atoms with Crippen LogP contribution >= 0.6 is 23.2 Å². The molecule has 0 spiro atoms. The van der Waals surface area contributed by atoms with E-state index in [-0.39, 0.29) is 63.7 Å². The van der Waals surface area contributed by atoms with Gasteiger partial charge in [0.1, 0.15) is 11.3 Å². The van der Waals surface area contributed by atoms with Crippen LogP contribution in [-0.4, -0.2) is 48.2 Å². The second kappa shape index (κ2) is 9.76. The Balaban J connectivity index is 1.79. The summed E-state index contributed by atoms with van der Waals surface area (Å²) in [6.07, 6.45) is 3.28. The summed E-state index contributed by atoms with van der Waals surface area (Å²) >= 11 is 12.6. The van der Waals surface area contributed by atoms with Crippen LogP contribution in [-0.2, 0) is 21.2 Å². The van der Waals surface area contributed by atoms with Gasteiger partial charge in [0.15, 0.2) is 15.6 Å². The minimum absolute atomic E-state index is 0.0950. The molecule has 1 fully saturated rings. The molecule has 2 aliphatic carbocycles. The summed E-state index contributed by atoms with van der Waals surface area (Å²) in [5, 5.41) is 10.5. The number of Topliss-reactive ketones (excluding diaryl/α,β-unsaturated/α-hetero) is 2. The van der Waals surface area contributed by atoms with Crippen LogP contribution < -0.4 is 0 Å². The number of ketones is 2. The summed E-state index contributed by atoms with van der Waals surface area (Å²) in [7, 11) is -3.77. The van der Waals surface area contributed by atoms with Crippen molar-refractivity contribution in [3.63, 3.8) is 0 Å². The summed E-state index contributed by atoms with van der Waals surface area (Å²) in [6, 6.07) is 8.76. The maximum absolute atomic E-state index is 13.3. The molecule has 184 valence electrons. The lowest BCUT2D eigenvalue weighted by atomic mass is 9.90. The van der Waals surface area contributed by atoms with Crippen molar-refractivity contribution in [1.29, 1.82) is 0 Å². The highest BCUT2D eigenvalue weighted by atomic mass is 35.5. The monoisotopic (exact) mass is 535 g/mol. The van der Waals surface area contributed by atoms with Crippen molar-refractivity contribution < 1.29 is 27.9 Å². The van der Waals surface area contributed by atoms with Gasteiger partial charge < -0.3 is 10.0 Å². The van der Waals surface area contributed by atoms with Gasteiger partial charge in [-0.2, -0.15) is 0 Å². The molecule has 0 heterocycles. The number of benzene rings is 2. The van der Waals surface area contributed by atoms with Gasteiger partial charge in [0.05, 0.1) is 9.92 Å². The fourth-order valence-electron chi connectivity index (χ4n) is 4.17. The molecule has 2 aliphatic rings. The summed E-state index contributed by atoms with van der Waals surface area (Å²) in [4.78, 5) is 40.3. The van der Waals surface area contributed by atoms with Gasteiger partial charge >= 0.3 is 0 Å². The maximum Gasteiger partial charge on any atom is 0.254 e. The topological polar surface area (TPSA) is 109 Å². The Labute approximate surface area is 213 Å². The molecular formula is C25H23Cl2NO6S. The van der Waals surface area contributed by atoms with Gasteiger partial charge in [0, 0.05) is 53.4 Å². The van der Waals surface area contributed by atoms with Gasteiger partial charge in [-0.05, 0) is 55.7 Å². The number of carbonyl (C=O) groups is 3. The molecule has 2 aromatic rings. The SMILES string of the molecule is CS(=O)(=O)c1ccc(C(=O)C2=C(O)CCCC2=O)c(Cl)c1CN(C(=O)c1ccc(Cl)cc1)C1CC1. The van der Waals surface area contributed by atoms with Crippen LogP contribution in [0.1, 0.15) is 58.4 Å². The lowest BCUT2D eigenvalue weighted by Crippen LogP contribution is -2.33. The van der Waals surface area contributed by atoms with Crippen LogP contribution in [0.15, 0.2) is 52.6 Å². The van der Waals surface area contributed by atoms with Crippen LogP contribution in [0, 0.1) is 0 Å². The van der Waals surface area contributed by atoms with E-state index in [9.17, 15) is 27.9 Å². The fraction of sp³-hybridized carbons (Fsp3) is 0.320. The standard InChI is InChI=1S/C25H23Cl2NO6S/c1-35(33,34)21-12-11-17(24(31)22-19(29)3-2-4-20(22)30)23(27)18(21)13-28(16-9-10-16)25(32)14-5-7-15(26)8-6-14/h5-8,11-12,16,29H,2-4,9-10,13H2,1H3. The van der Waals surface area contributed by atoms with E-state index < -0.39 is 21.4 Å². The van der Waals surface area contributed by atoms with Crippen molar-refractivity contribution >= 4 is 50.5 Å². The average Bonchev–Trinajstić information content (AvgIpc) is 3.62. The Kier molecular flexibility index (Phi) is 7.09. The van der Waals surface area contributed by atoms with Crippen LogP contribution in [0.2, 0.25) is 10.0 Å². The Hall–Kier alpha value is -2.68. The quantitative estimate of drug-likeness (QED) is 0.396. The van der Waals surface area contributed by atoms with Crippen molar-refractivity contribution in [2.75, 3.05) is 6.26 Å². The molecule has 0 unspecified atom stereocenters. The number of carbonyl (C=O) groups excluding carboxylic acids is 3. The summed E-state index contributed by atoms with van der Waals surface area (Å²) in [6.45, 7) is -0.145. The average molecular weight is 536 g/mol. The largest absolute Gasteiger partial charge is 0.511 e. The highest BCUT2D eigenvalue weighted by molar-refractivity contribution is 7.90. The minimum Gasteiger partial charge on any atom is -0.511 e. The highest BCUT2D eigenvalue weighted by Gasteiger charge is 2.36. The molecule has 0 bridgehead atoms. The van der Waals surface area contributed by atoms with Crippen LogP contribution in [0.5, 0.6) is 0 Å². The highest BCUT2D eigenvalue weighted by Crippen LogP contribution is 2.36. The van der Waals surface area contributed by atoms with Crippen molar-refractivity contribution in [1.82, 2.24) is 4.90 Å². The van der Waals surface area contributed by atoms with Gasteiger partial charge in [-0.1, -0.05) is 23.2 Å². The number of allylic oxidation sites excluding steroid dienone is 2. The van der Waals surface area contributed by atoms with E-state index >= 15 is 0 Å². The van der Waals surface area contributed by atoms with E-state index in [4.69, 9.17) is 23.2 Å². The molecule has 0 aliphatic heterocycles. The number of amides is 1. The number of halogens is 2. The van der Waals surface area contributed by atoms with E-state index in [1.807, 2.05) is 0 Å². The second-order valence-corrected chi connectivity index (χ2v) is 11.6. The van der Waals surface area contributed by atoms with Gasteiger partial charge in [-0.25, -0.2) is 8.42 Å². The third kappa shape index (κ3) is 5.29. The second-order valence-electron chi connectivity index (χ2n) is 8.77. The fourth-order valence-corrected chi connectivity index (χ4v) is 5.60. The molecular weight excluding hydrogens is 513 g/mol. The van der Waals surface area contributed by atoms with E-state index in [1.165, 1.54) is 17.0 Å². The predicted octanol–water partition coefficient (Wildman–Crippen LogP) is 4.95. The normalized spacial score (nSPS) is 16.4. The molecule has 0 atom stereocenters. The van der Waals surface area contributed by atoms with Gasteiger partial charge in [0.25, 0.3) is 5.91 Å². The number of aliphatic hydroxyl groups is 1. The lowest BCUT2D eigenvalue weighted by molar-refractivity contribution is -0.116. The minimum atomic E-state index is -3.77. The van der Waals surface area contributed by atoms with E-state index in [0.717, 1.165) is 19.1 Å². The molecule has 1 amide bonds. The molecule has 1 saturated carbocycles. The van der Waals surface area contributed by atoms with Gasteiger partial charge in [-0.15, -0.1) is 0 Å². The zero-order chi connectivity index (χ0) is 25.5. The molecule has 10 heteroatoms. The Morgan fingerprint density at radius 2 is 1.71 bits per heavy atom. The Morgan fingerprint density at radius 3 is 2.29 bits per heavy atom. The molecule has 0 radical (unpaired) electrons. The van der Waals surface area contributed by atoms with Crippen LogP contribution in [0.3, 0.4) is 0 Å². The van der Waals surface area contributed by atoms with Crippen molar-refractivity contribution in [3.05, 3.63) is 74.5 Å². The number of hydrogen-bond acceptors (Lipinski definition) is 6. The van der Waals surface area contributed by atoms with E-state index in [1.54, 1.807) is 24.3 Å². The third-order valence-corrected chi connectivity index (χ3v) is 7.99. The van der Waals surface area contributed by atoms with Crippen molar-refractivity contribution in [3.8, 4) is 0 Å². The van der Waals surface area contributed by atoms with E-state index in [0.29, 0.717) is 17.0 Å². The number of hydrogen-bond donors (Lipinski definition) is 1. The van der Waals surface area contributed by atoms with Crippen LogP contribution in [0.25, 0.3) is 0 Å². The summed E-state index contributed by atoms with van der Waals surface area (Å²) in [5.74, 6) is -1.87. The maximum atomic E-state index is 13.3. The molecule has 7 nitrogen and oxygen atoms in total. The lowest BCUT2D eigenvalue weighted by Gasteiger charge is -2.25.